The van der Waals surface area contributed by atoms with Gasteiger partial charge < -0.3 is 10.6 Å². The number of hydrogen-bond donors (Lipinski definition) is 1. The van der Waals surface area contributed by atoms with Gasteiger partial charge in [0.25, 0.3) is 0 Å². The second kappa shape index (κ2) is 6.97. The van der Waals surface area contributed by atoms with Crippen LogP contribution in [0.2, 0.25) is 0 Å². The van der Waals surface area contributed by atoms with Crippen molar-refractivity contribution in [3.8, 4) is 0 Å². The third-order valence-electron chi connectivity index (χ3n) is 3.01. The number of carbonyl (C=O) groups excluding carboxylic acids is 1. The van der Waals surface area contributed by atoms with Crippen molar-refractivity contribution >= 4 is 5.91 Å². The van der Waals surface area contributed by atoms with E-state index < -0.39 is 0 Å². The van der Waals surface area contributed by atoms with Crippen molar-refractivity contribution in [2.45, 2.75) is 40.2 Å². The van der Waals surface area contributed by atoms with Crippen molar-refractivity contribution in [3.63, 3.8) is 0 Å². The maximum Gasteiger partial charge on any atom is 0.236 e. The zero-order chi connectivity index (χ0) is 13.6. The molecule has 1 amide bonds. The lowest BCUT2D eigenvalue weighted by Gasteiger charge is -2.39. The van der Waals surface area contributed by atoms with Crippen molar-refractivity contribution in [3.05, 3.63) is 0 Å². The zero-order valence-electron chi connectivity index (χ0n) is 12.3. The number of amides is 1. The van der Waals surface area contributed by atoms with Crippen molar-refractivity contribution in [1.29, 1.82) is 0 Å². The number of hydrogen-bond acceptors (Lipinski definition) is 3. The lowest BCUT2D eigenvalue weighted by molar-refractivity contribution is -0.131. The Kier molecular flexibility index (Phi) is 6.72. The van der Waals surface area contributed by atoms with Crippen LogP contribution >= 0.6 is 0 Å². The molecule has 0 saturated heterocycles. The molecule has 0 aromatic heterocycles. The fourth-order valence-corrected chi connectivity index (χ4v) is 2.00. The Bertz CT molecular complexity index is 233. The molecule has 0 radical (unpaired) electrons. The standard InChI is InChI=1S/C13H29N3O/c1-7-8-16(10-12(17)15(5)6)11(9-14)13(2,3)4/h11H,7-10,14H2,1-6H3. The Morgan fingerprint density at radius 3 is 2.12 bits per heavy atom. The Labute approximate surface area is 106 Å². The first-order valence-corrected chi connectivity index (χ1v) is 6.38. The van der Waals surface area contributed by atoms with E-state index in [0.717, 1.165) is 13.0 Å². The molecule has 0 aliphatic heterocycles. The fraction of sp³-hybridized carbons (Fsp3) is 0.923. The van der Waals surface area contributed by atoms with E-state index in [0.29, 0.717) is 13.1 Å². The Hall–Kier alpha value is -0.610. The van der Waals surface area contributed by atoms with Gasteiger partial charge in [0.2, 0.25) is 5.91 Å². The third kappa shape index (κ3) is 5.50. The van der Waals surface area contributed by atoms with E-state index in [-0.39, 0.29) is 17.4 Å². The van der Waals surface area contributed by atoms with E-state index in [9.17, 15) is 4.79 Å². The summed E-state index contributed by atoms with van der Waals surface area (Å²) >= 11 is 0. The molecule has 4 nitrogen and oxygen atoms in total. The normalized spacial score (nSPS) is 13.9. The Morgan fingerprint density at radius 2 is 1.82 bits per heavy atom. The number of nitrogens with two attached hydrogens (primary N) is 1. The van der Waals surface area contributed by atoms with E-state index in [4.69, 9.17) is 5.73 Å². The van der Waals surface area contributed by atoms with E-state index in [1.807, 2.05) is 0 Å². The fourth-order valence-electron chi connectivity index (χ4n) is 2.00. The highest BCUT2D eigenvalue weighted by molar-refractivity contribution is 5.77. The van der Waals surface area contributed by atoms with Crippen LogP contribution in [0.1, 0.15) is 34.1 Å². The molecule has 1 atom stereocenters. The first kappa shape index (κ1) is 16.4. The minimum atomic E-state index is 0.0938. The van der Waals surface area contributed by atoms with Crippen LogP contribution in [0.3, 0.4) is 0 Å². The van der Waals surface area contributed by atoms with Gasteiger partial charge in [0, 0.05) is 26.7 Å². The van der Waals surface area contributed by atoms with Gasteiger partial charge in [-0.15, -0.1) is 0 Å². The highest BCUT2D eigenvalue weighted by Gasteiger charge is 2.30. The lowest BCUT2D eigenvalue weighted by atomic mass is 9.85. The van der Waals surface area contributed by atoms with Gasteiger partial charge in [0.05, 0.1) is 6.54 Å². The number of nitrogens with zero attached hydrogens (tertiary/aromatic N) is 2. The number of rotatable bonds is 6. The quantitative estimate of drug-likeness (QED) is 0.761. The maximum absolute atomic E-state index is 11.8. The molecular weight excluding hydrogens is 214 g/mol. The second-order valence-electron chi connectivity index (χ2n) is 5.88. The first-order chi connectivity index (χ1) is 7.73. The van der Waals surface area contributed by atoms with Gasteiger partial charge in [0.1, 0.15) is 0 Å². The first-order valence-electron chi connectivity index (χ1n) is 6.38. The van der Waals surface area contributed by atoms with Gasteiger partial charge in [-0.3, -0.25) is 9.69 Å². The molecule has 1 unspecified atom stereocenters. The van der Waals surface area contributed by atoms with Crippen LogP contribution in [0.25, 0.3) is 0 Å². The molecule has 0 spiro atoms. The summed E-state index contributed by atoms with van der Waals surface area (Å²) in [5.41, 5.74) is 5.97. The minimum absolute atomic E-state index is 0.0938. The van der Waals surface area contributed by atoms with Crippen molar-refractivity contribution in [2.75, 3.05) is 33.7 Å². The number of carbonyl (C=O) groups is 1. The molecule has 2 N–H and O–H groups in total. The summed E-state index contributed by atoms with van der Waals surface area (Å²) in [5, 5.41) is 0. The van der Waals surface area contributed by atoms with Gasteiger partial charge in [-0.2, -0.15) is 0 Å². The van der Waals surface area contributed by atoms with E-state index in [1.165, 1.54) is 0 Å². The largest absolute Gasteiger partial charge is 0.348 e. The molecule has 0 saturated carbocycles. The molecule has 0 fully saturated rings. The van der Waals surface area contributed by atoms with Crippen LogP contribution < -0.4 is 5.73 Å². The maximum atomic E-state index is 11.8. The predicted octanol–water partition coefficient (Wildman–Crippen LogP) is 1.16. The second-order valence-corrected chi connectivity index (χ2v) is 5.88. The summed E-state index contributed by atoms with van der Waals surface area (Å²) < 4.78 is 0. The van der Waals surface area contributed by atoms with Gasteiger partial charge in [-0.1, -0.05) is 27.7 Å². The molecule has 0 aromatic rings. The van der Waals surface area contributed by atoms with Gasteiger partial charge in [-0.25, -0.2) is 0 Å². The predicted molar refractivity (Wildman–Crippen MR) is 72.9 cm³/mol. The summed E-state index contributed by atoms with van der Waals surface area (Å²) in [4.78, 5) is 15.7. The molecule has 0 heterocycles. The Morgan fingerprint density at radius 1 is 1.29 bits per heavy atom. The Balaban J connectivity index is 4.75. The van der Waals surface area contributed by atoms with Gasteiger partial charge >= 0.3 is 0 Å². The van der Waals surface area contributed by atoms with Crippen LogP contribution in [0.5, 0.6) is 0 Å². The van der Waals surface area contributed by atoms with E-state index in [1.54, 1.807) is 19.0 Å². The van der Waals surface area contributed by atoms with Crippen LogP contribution in [0.4, 0.5) is 0 Å². The molecule has 0 aromatic carbocycles. The smallest absolute Gasteiger partial charge is 0.236 e. The van der Waals surface area contributed by atoms with E-state index in [2.05, 4.69) is 32.6 Å². The van der Waals surface area contributed by atoms with Crippen LogP contribution in [-0.2, 0) is 4.79 Å². The molecule has 0 bridgehead atoms. The van der Waals surface area contributed by atoms with Crippen LogP contribution in [0, 0.1) is 5.41 Å². The minimum Gasteiger partial charge on any atom is -0.348 e. The highest BCUT2D eigenvalue weighted by atomic mass is 16.2. The molecular formula is C13H29N3O. The van der Waals surface area contributed by atoms with Gasteiger partial charge in [0.15, 0.2) is 0 Å². The number of likely N-dealkylation sites (N-methyl/N-ethyl adjacent to an activating group) is 1. The molecule has 0 aliphatic rings. The summed E-state index contributed by atoms with van der Waals surface area (Å²) in [5.74, 6) is 0.140. The topological polar surface area (TPSA) is 49.6 Å². The van der Waals surface area contributed by atoms with Crippen LogP contribution in [-0.4, -0.2) is 55.5 Å². The average Bonchev–Trinajstić information content (AvgIpc) is 2.16. The summed E-state index contributed by atoms with van der Waals surface area (Å²) in [7, 11) is 3.59. The van der Waals surface area contributed by atoms with Crippen molar-refractivity contribution < 1.29 is 4.79 Å². The molecule has 0 aliphatic carbocycles. The highest BCUT2D eigenvalue weighted by Crippen LogP contribution is 2.23. The molecule has 0 rings (SSSR count). The lowest BCUT2D eigenvalue weighted by Crippen LogP contribution is -2.52. The zero-order valence-corrected chi connectivity index (χ0v) is 12.3. The van der Waals surface area contributed by atoms with Crippen molar-refractivity contribution in [2.24, 2.45) is 11.1 Å². The molecule has 4 heteroatoms. The monoisotopic (exact) mass is 243 g/mol. The third-order valence-corrected chi connectivity index (χ3v) is 3.01. The SMILES string of the molecule is CCCN(CC(=O)N(C)C)C(CN)C(C)(C)C. The average molecular weight is 243 g/mol. The summed E-state index contributed by atoms with van der Waals surface area (Å²) in [6.07, 6.45) is 1.04. The van der Waals surface area contributed by atoms with Crippen LogP contribution in [0.15, 0.2) is 0 Å². The van der Waals surface area contributed by atoms with E-state index >= 15 is 0 Å². The summed E-state index contributed by atoms with van der Waals surface area (Å²) in [6, 6.07) is 0.242. The molecule has 17 heavy (non-hydrogen) atoms. The summed E-state index contributed by atoms with van der Waals surface area (Å²) in [6.45, 7) is 10.6. The van der Waals surface area contributed by atoms with Gasteiger partial charge in [-0.05, 0) is 18.4 Å². The van der Waals surface area contributed by atoms with Crippen molar-refractivity contribution in [1.82, 2.24) is 9.80 Å². The molecule has 102 valence electrons.